The van der Waals surface area contributed by atoms with Crippen LogP contribution in [0.25, 0.3) is 10.8 Å². The van der Waals surface area contributed by atoms with Gasteiger partial charge in [-0.1, -0.05) is 30.3 Å². The SMILES string of the molecule is Cc1nnc(-c2cc(NC(=O)[C@H](C)c3ccccc3)c(C)s2)o1. The lowest BCUT2D eigenvalue weighted by atomic mass is 10.0. The molecule has 2 aromatic heterocycles. The van der Waals surface area contributed by atoms with E-state index < -0.39 is 0 Å². The van der Waals surface area contributed by atoms with Crippen LogP contribution in [0.5, 0.6) is 0 Å². The first-order valence-corrected chi connectivity index (χ1v) is 8.13. The lowest BCUT2D eigenvalue weighted by Gasteiger charge is -2.12. The number of thiophene rings is 1. The molecule has 1 atom stereocenters. The molecule has 6 heteroatoms. The summed E-state index contributed by atoms with van der Waals surface area (Å²) in [5, 5.41) is 10.8. The van der Waals surface area contributed by atoms with E-state index in [0.717, 1.165) is 21.0 Å². The average Bonchev–Trinajstić information content (AvgIpc) is 3.14. The Morgan fingerprint density at radius 3 is 2.61 bits per heavy atom. The maximum Gasteiger partial charge on any atom is 0.257 e. The number of aromatic nitrogens is 2. The first kappa shape index (κ1) is 15.4. The van der Waals surface area contributed by atoms with Crippen LogP contribution in [0.1, 0.15) is 29.2 Å². The Morgan fingerprint density at radius 2 is 1.96 bits per heavy atom. The summed E-state index contributed by atoms with van der Waals surface area (Å²) in [6, 6.07) is 11.6. The fraction of sp³-hybridized carbons (Fsp3) is 0.235. The minimum Gasteiger partial charge on any atom is -0.420 e. The molecule has 0 unspecified atom stereocenters. The summed E-state index contributed by atoms with van der Waals surface area (Å²) in [6.07, 6.45) is 0. The number of anilines is 1. The number of carbonyl (C=O) groups excluding carboxylic acids is 1. The second-order valence-electron chi connectivity index (χ2n) is 5.33. The van der Waals surface area contributed by atoms with Crippen molar-refractivity contribution >= 4 is 22.9 Å². The quantitative estimate of drug-likeness (QED) is 0.781. The van der Waals surface area contributed by atoms with E-state index in [2.05, 4.69) is 15.5 Å². The summed E-state index contributed by atoms with van der Waals surface area (Å²) in [5.41, 5.74) is 1.78. The predicted octanol–water partition coefficient (Wildman–Crippen LogP) is 4.16. The highest BCUT2D eigenvalue weighted by atomic mass is 32.1. The Kier molecular flexibility index (Phi) is 4.25. The summed E-state index contributed by atoms with van der Waals surface area (Å²) in [7, 11) is 0. The predicted molar refractivity (Wildman–Crippen MR) is 90.6 cm³/mol. The van der Waals surface area contributed by atoms with Crippen LogP contribution < -0.4 is 5.32 Å². The number of benzene rings is 1. The molecule has 0 aliphatic heterocycles. The molecule has 0 radical (unpaired) electrons. The molecule has 1 amide bonds. The van der Waals surface area contributed by atoms with Crippen molar-refractivity contribution in [3.05, 3.63) is 52.7 Å². The molecule has 0 saturated heterocycles. The Morgan fingerprint density at radius 1 is 1.22 bits per heavy atom. The number of nitrogens with one attached hydrogen (secondary N) is 1. The molecule has 2 heterocycles. The average molecular weight is 327 g/mol. The summed E-state index contributed by atoms with van der Waals surface area (Å²) >= 11 is 1.52. The number of aryl methyl sites for hydroxylation is 2. The summed E-state index contributed by atoms with van der Waals surface area (Å²) < 4.78 is 5.44. The largest absolute Gasteiger partial charge is 0.420 e. The number of hydrogen-bond acceptors (Lipinski definition) is 5. The van der Waals surface area contributed by atoms with Crippen LogP contribution in [0.3, 0.4) is 0 Å². The Hall–Kier alpha value is -2.47. The Balaban J connectivity index is 1.78. The molecule has 118 valence electrons. The molecule has 1 N–H and O–H groups in total. The Bertz CT molecular complexity index is 823. The van der Waals surface area contributed by atoms with Crippen LogP contribution in [-0.4, -0.2) is 16.1 Å². The monoisotopic (exact) mass is 327 g/mol. The van der Waals surface area contributed by atoms with Crippen LogP contribution >= 0.6 is 11.3 Å². The van der Waals surface area contributed by atoms with Crippen LogP contribution in [-0.2, 0) is 4.79 Å². The second kappa shape index (κ2) is 6.34. The molecule has 0 spiro atoms. The first-order chi connectivity index (χ1) is 11.0. The van der Waals surface area contributed by atoms with Crippen LogP contribution in [0.15, 0.2) is 40.8 Å². The van der Waals surface area contributed by atoms with E-state index in [-0.39, 0.29) is 11.8 Å². The van der Waals surface area contributed by atoms with Gasteiger partial charge >= 0.3 is 0 Å². The number of carbonyl (C=O) groups is 1. The molecular formula is C17H17N3O2S. The third-order valence-electron chi connectivity index (χ3n) is 3.61. The molecule has 5 nitrogen and oxygen atoms in total. The van der Waals surface area contributed by atoms with Crippen LogP contribution in [0.2, 0.25) is 0 Å². The maximum atomic E-state index is 12.5. The standard InChI is InChI=1S/C17H17N3O2S/c1-10(13-7-5-4-6-8-13)16(21)18-14-9-15(23-11(14)2)17-20-19-12(3)22-17/h4-10H,1-3H3,(H,18,21)/t10-/m1/s1. The van der Waals surface area contributed by atoms with Gasteiger partial charge in [0.05, 0.1) is 16.5 Å². The van der Waals surface area contributed by atoms with Crippen molar-refractivity contribution in [1.82, 2.24) is 10.2 Å². The molecule has 0 fully saturated rings. The van der Waals surface area contributed by atoms with Gasteiger partial charge in [0, 0.05) is 11.8 Å². The molecule has 0 aliphatic rings. The third kappa shape index (κ3) is 3.32. The van der Waals surface area contributed by atoms with Gasteiger partial charge in [-0.05, 0) is 25.5 Å². The Labute approximate surface area is 138 Å². The molecule has 0 saturated carbocycles. The van der Waals surface area contributed by atoms with Gasteiger partial charge in [-0.2, -0.15) is 0 Å². The van der Waals surface area contributed by atoms with Gasteiger partial charge in [0.2, 0.25) is 11.8 Å². The molecule has 3 aromatic rings. The lowest BCUT2D eigenvalue weighted by molar-refractivity contribution is -0.117. The van der Waals surface area contributed by atoms with E-state index in [1.165, 1.54) is 11.3 Å². The van der Waals surface area contributed by atoms with E-state index in [4.69, 9.17) is 4.42 Å². The topological polar surface area (TPSA) is 68.0 Å². The zero-order valence-electron chi connectivity index (χ0n) is 13.2. The van der Waals surface area contributed by atoms with Crippen molar-refractivity contribution < 1.29 is 9.21 Å². The van der Waals surface area contributed by atoms with Gasteiger partial charge in [0.25, 0.3) is 5.89 Å². The normalized spacial score (nSPS) is 12.1. The molecule has 0 bridgehead atoms. The summed E-state index contributed by atoms with van der Waals surface area (Å²) in [6.45, 7) is 5.61. The minimum absolute atomic E-state index is 0.0367. The third-order valence-corrected chi connectivity index (χ3v) is 4.64. The first-order valence-electron chi connectivity index (χ1n) is 7.31. The maximum absolute atomic E-state index is 12.5. The van der Waals surface area contributed by atoms with E-state index in [9.17, 15) is 4.79 Å². The van der Waals surface area contributed by atoms with Crippen LogP contribution in [0.4, 0.5) is 5.69 Å². The van der Waals surface area contributed by atoms with Gasteiger partial charge < -0.3 is 9.73 Å². The highest BCUT2D eigenvalue weighted by Gasteiger charge is 2.18. The van der Waals surface area contributed by atoms with Gasteiger partial charge in [-0.25, -0.2) is 0 Å². The van der Waals surface area contributed by atoms with Crippen molar-refractivity contribution in [1.29, 1.82) is 0 Å². The van der Waals surface area contributed by atoms with Crippen LogP contribution in [0, 0.1) is 13.8 Å². The van der Waals surface area contributed by atoms with Crippen molar-refractivity contribution in [3.8, 4) is 10.8 Å². The summed E-state index contributed by atoms with van der Waals surface area (Å²) in [4.78, 5) is 14.3. The lowest BCUT2D eigenvalue weighted by Crippen LogP contribution is -2.18. The van der Waals surface area contributed by atoms with E-state index >= 15 is 0 Å². The second-order valence-corrected chi connectivity index (χ2v) is 6.58. The van der Waals surface area contributed by atoms with E-state index in [0.29, 0.717) is 11.8 Å². The molecule has 0 aliphatic carbocycles. The molecular weight excluding hydrogens is 310 g/mol. The van der Waals surface area contributed by atoms with Crippen molar-refractivity contribution in [2.75, 3.05) is 5.32 Å². The van der Waals surface area contributed by atoms with Gasteiger partial charge in [0.15, 0.2) is 0 Å². The number of rotatable bonds is 4. The molecule has 23 heavy (non-hydrogen) atoms. The highest BCUT2D eigenvalue weighted by molar-refractivity contribution is 7.15. The fourth-order valence-electron chi connectivity index (χ4n) is 2.24. The number of amides is 1. The van der Waals surface area contributed by atoms with Crippen molar-refractivity contribution in [2.24, 2.45) is 0 Å². The van der Waals surface area contributed by atoms with Gasteiger partial charge in [-0.3, -0.25) is 4.79 Å². The number of nitrogens with zero attached hydrogens (tertiary/aromatic N) is 2. The zero-order valence-corrected chi connectivity index (χ0v) is 14.0. The van der Waals surface area contributed by atoms with E-state index in [1.54, 1.807) is 6.92 Å². The minimum atomic E-state index is -0.218. The summed E-state index contributed by atoms with van der Waals surface area (Å²) in [5.74, 6) is 0.747. The number of hydrogen-bond donors (Lipinski definition) is 1. The smallest absolute Gasteiger partial charge is 0.257 e. The van der Waals surface area contributed by atoms with Gasteiger partial charge in [-0.15, -0.1) is 21.5 Å². The van der Waals surface area contributed by atoms with Gasteiger partial charge in [0.1, 0.15) is 0 Å². The molecule has 3 rings (SSSR count). The fourth-order valence-corrected chi connectivity index (χ4v) is 3.14. The highest BCUT2D eigenvalue weighted by Crippen LogP contribution is 2.34. The van der Waals surface area contributed by atoms with E-state index in [1.807, 2.05) is 50.2 Å². The van der Waals surface area contributed by atoms with Crippen molar-refractivity contribution in [2.45, 2.75) is 26.7 Å². The van der Waals surface area contributed by atoms with Crippen molar-refractivity contribution in [3.63, 3.8) is 0 Å². The zero-order chi connectivity index (χ0) is 16.4. The molecule has 1 aromatic carbocycles.